The van der Waals surface area contributed by atoms with Crippen molar-refractivity contribution in [1.29, 1.82) is 0 Å². The minimum Gasteiger partial charge on any atom is -0.481 e. The second-order valence-corrected chi connectivity index (χ2v) is 5.34. The Bertz CT molecular complexity index is 565. The topological polar surface area (TPSA) is 69.6 Å². The Hall–Kier alpha value is -2.18. The molecule has 0 saturated carbocycles. The standard InChI is InChI=1S/C14H16F2N2O3/c1-8-4-9(13(19)20)7-18(6-8)14(21)17-12-3-2-10(15)5-11(12)16/h2-3,5,8-9H,4,6-7H2,1H3,(H,17,21)(H,19,20). The van der Waals surface area contributed by atoms with E-state index in [0.717, 1.165) is 12.1 Å². The molecule has 0 aliphatic carbocycles. The first-order chi connectivity index (χ1) is 9.86. The predicted molar refractivity (Wildman–Crippen MR) is 71.9 cm³/mol. The summed E-state index contributed by atoms with van der Waals surface area (Å²) in [6.45, 7) is 2.33. The van der Waals surface area contributed by atoms with Crippen molar-refractivity contribution in [3.63, 3.8) is 0 Å². The Morgan fingerprint density at radius 2 is 2.05 bits per heavy atom. The molecule has 1 saturated heterocycles. The zero-order chi connectivity index (χ0) is 15.6. The number of amides is 2. The fourth-order valence-corrected chi connectivity index (χ4v) is 2.48. The number of carbonyl (C=O) groups is 2. The molecule has 1 aromatic rings. The van der Waals surface area contributed by atoms with Gasteiger partial charge in [-0.25, -0.2) is 13.6 Å². The van der Waals surface area contributed by atoms with Gasteiger partial charge in [-0.05, 0) is 24.5 Å². The van der Waals surface area contributed by atoms with Gasteiger partial charge in [-0.2, -0.15) is 0 Å². The van der Waals surface area contributed by atoms with Crippen LogP contribution in [0.25, 0.3) is 0 Å². The quantitative estimate of drug-likeness (QED) is 0.881. The van der Waals surface area contributed by atoms with Crippen LogP contribution in [0.1, 0.15) is 13.3 Å². The number of anilines is 1. The van der Waals surface area contributed by atoms with Crippen LogP contribution in [-0.4, -0.2) is 35.1 Å². The lowest BCUT2D eigenvalue weighted by atomic mass is 9.91. The SMILES string of the molecule is CC1CC(C(=O)O)CN(C(=O)Nc2ccc(F)cc2F)C1. The van der Waals surface area contributed by atoms with Gasteiger partial charge in [-0.1, -0.05) is 6.92 Å². The number of urea groups is 1. The van der Waals surface area contributed by atoms with E-state index in [-0.39, 0.29) is 18.2 Å². The molecule has 1 fully saturated rings. The van der Waals surface area contributed by atoms with Crippen LogP contribution in [0.3, 0.4) is 0 Å². The van der Waals surface area contributed by atoms with Gasteiger partial charge >= 0.3 is 12.0 Å². The van der Waals surface area contributed by atoms with Crippen molar-refractivity contribution in [3.05, 3.63) is 29.8 Å². The summed E-state index contributed by atoms with van der Waals surface area (Å²) in [7, 11) is 0. The molecule has 2 N–H and O–H groups in total. The molecule has 7 heteroatoms. The molecular formula is C14H16F2N2O3. The number of nitrogens with one attached hydrogen (secondary N) is 1. The number of likely N-dealkylation sites (tertiary alicyclic amines) is 1. The number of carboxylic acid groups (broad SMARTS) is 1. The van der Waals surface area contributed by atoms with Crippen molar-refractivity contribution >= 4 is 17.7 Å². The lowest BCUT2D eigenvalue weighted by Crippen LogP contribution is -2.47. The summed E-state index contributed by atoms with van der Waals surface area (Å²) < 4.78 is 26.3. The zero-order valence-corrected chi connectivity index (χ0v) is 11.5. The number of nitrogens with zero attached hydrogens (tertiary/aromatic N) is 1. The summed E-state index contributed by atoms with van der Waals surface area (Å²) >= 11 is 0. The van der Waals surface area contributed by atoms with E-state index in [9.17, 15) is 18.4 Å². The monoisotopic (exact) mass is 298 g/mol. The molecule has 0 radical (unpaired) electrons. The average Bonchev–Trinajstić information content (AvgIpc) is 2.41. The molecule has 0 bridgehead atoms. The van der Waals surface area contributed by atoms with Gasteiger partial charge < -0.3 is 15.3 Å². The third-order valence-electron chi connectivity index (χ3n) is 3.47. The Labute approximate surface area is 120 Å². The number of carboxylic acids is 1. The lowest BCUT2D eigenvalue weighted by molar-refractivity contribution is -0.143. The molecule has 1 aliphatic rings. The normalized spacial score (nSPS) is 22.0. The summed E-state index contributed by atoms with van der Waals surface area (Å²) in [5.74, 6) is -3.14. The highest BCUT2D eigenvalue weighted by molar-refractivity contribution is 5.90. The molecular weight excluding hydrogens is 282 g/mol. The molecule has 2 atom stereocenters. The van der Waals surface area contributed by atoms with Gasteiger partial charge in [0.2, 0.25) is 0 Å². The Morgan fingerprint density at radius 3 is 2.67 bits per heavy atom. The van der Waals surface area contributed by atoms with Gasteiger partial charge in [0.25, 0.3) is 0 Å². The van der Waals surface area contributed by atoms with Gasteiger partial charge in [-0.3, -0.25) is 4.79 Å². The molecule has 1 heterocycles. The van der Waals surface area contributed by atoms with Crippen molar-refractivity contribution in [2.24, 2.45) is 11.8 Å². The molecule has 114 valence electrons. The van der Waals surface area contributed by atoms with E-state index < -0.39 is 29.6 Å². The molecule has 21 heavy (non-hydrogen) atoms. The molecule has 0 aromatic heterocycles. The Kier molecular flexibility index (Phi) is 4.40. The maximum Gasteiger partial charge on any atom is 0.321 e. The smallest absolute Gasteiger partial charge is 0.321 e. The highest BCUT2D eigenvalue weighted by Gasteiger charge is 2.32. The summed E-state index contributed by atoms with van der Waals surface area (Å²) in [5.41, 5.74) is -0.133. The number of hydrogen-bond acceptors (Lipinski definition) is 2. The van der Waals surface area contributed by atoms with Gasteiger partial charge in [0, 0.05) is 19.2 Å². The zero-order valence-electron chi connectivity index (χ0n) is 11.5. The average molecular weight is 298 g/mol. The van der Waals surface area contributed by atoms with Crippen molar-refractivity contribution < 1.29 is 23.5 Å². The first kappa shape index (κ1) is 15.2. The minimum absolute atomic E-state index is 0.0451. The molecule has 1 aromatic carbocycles. The highest BCUT2D eigenvalue weighted by Crippen LogP contribution is 2.23. The largest absolute Gasteiger partial charge is 0.481 e. The van der Waals surface area contributed by atoms with Gasteiger partial charge in [0.1, 0.15) is 11.6 Å². The van der Waals surface area contributed by atoms with Crippen LogP contribution in [0.15, 0.2) is 18.2 Å². The number of carbonyl (C=O) groups excluding carboxylic acids is 1. The van der Waals surface area contributed by atoms with E-state index in [1.165, 1.54) is 4.90 Å². The molecule has 2 unspecified atom stereocenters. The number of benzene rings is 1. The van der Waals surface area contributed by atoms with E-state index in [1.54, 1.807) is 0 Å². The Balaban J connectivity index is 2.07. The summed E-state index contributed by atoms with van der Waals surface area (Å²) in [6.07, 6.45) is 0.504. The number of hydrogen-bond donors (Lipinski definition) is 2. The van der Waals surface area contributed by atoms with Crippen LogP contribution >= 0.6 is 0 Å². The van der Waals surface area contributed by atoms with E-state index in [0.29, 0.717) is 19.0 Å². The van der Waals surface area contributed by atoms with Crippen LogP contribution < -0.4 is 5.32 Å². The van der Waals surface area contributed by atoms with E-state index >= 15 is 0 Å². The molecule has 2 amide bonds. The third-order valence-corrected chi connectivity index (χ3v) is 3.47. The van der Waals surface area contributed by atoms with Crippen LogP contribution in [0, 0.1) is 23.5 Å². The second-order valence-electron chi connectivity index (χ2n) is 5.34. The maximum absolute atomic E-state index is 13.5. The highest BCUT2D eigenvalue weighted by atomic mass is 19.1. The van der Waals surface area contributed by atoms with Crippen molar-refractivity contribution in [1.82, 2.24) is 4.90 Å². The third kappa shape index (κ3) is 3.68. The van der Waals surface area contributed by atoms with Crippen LogP contribution in [0.4, 0.5) is 19.3 Å². The molecule has 5 nitrogen and oxygen atoms in total. The van der Waals surface area contributed by atoms with Gasteiger partial charge in [0.05, 0.1) is 11.6 Å². The molecule has 0 spiro atoms. The lowest BCUT2D eigenvalue weighted by Gasteiger charge is -2.34. The Morgan fingerprint density at radius 1 is 1.33 bits per heavy atom. The molecule has 2 rings (SSSR count). The first-order valence-electron chi connectivity index (χ1n) is 6.60. The van der Waals surface area contributed by atoms with E-state index in [4.69, 9.17) is 5.11 Å². The first-order valence-corrected chi connectivity index (χ1v) is 6.60. The fourth-order valence-electron chi connectivity index (χ4n) is 2.48. The number of piperidine rings is 1. The summed E-state index contributed by atoms with van der Waals surface area (Å²) in [4.78, 5) is 24.5. The van der Waals surface area contributed by atoms with E-state index in [2.05, 4.69) is 5.32 Å². The molecule has 1 aliphatic heterocycles. The van der Waals surface area contributed by atoms with Crippen LogP contribution in [0.2, 0.25) is 0 Å². The maximum atomic E-state index is 13.5. The predicted octanol–water partition coefficient (Wildman–Crippen LogP) is 2.54. The van der Waals surface area contributed by atoms with Crippen molar-refractivity contribution in [2.75, 3.05) is 18.4 Å². The van der Waals surface area contributed by atoms with Crippen molar-refractivity contribution in [3.8, 4) is 0 Å². The van der Waals surface area contributed by atoms with Crippen LogP contribution in [-0.2, 0) is 4.79 Å². The number of halogens is 2. The van der Waals surface area contributed by atoms with Gasteiger partial charge in [-0.15, -0.1) is 0 Å². The van der Waals surface area contributed by atoms with Gasteiger partial charge in [0.15, 0.2) is 0 Å². The number of aliphatic carboxylic acids is 1. The van der Waals surface area contributed by atoms with Crippen molar-refractivity contribution in [2.45, 2.75) is 13.3 Å². The summed E-state index contributed by atoms with van der Waals surface area (Å²) in [6, 6.07) is 2.26. The summed E-state index contributed by atoms with van der Waals surface area (Å²) in [5, 5.41) is 11.4. The second kappa shape index (κ2) is 6.07. The minimum atomic E-state index is -0.952. The fraction of sp³-hybridized carbons (Fsp3) is 0.429. The van der Waals surface area contributed by atoms with E-state index in [1.807, 2.05) is 6.92 Å². The van der Waals surface area contributed by atoms with Crippen LogP contribution in [0.5, 0.6) is 0 Å². The number of rotatable bonds is 2.